The average Bonchev–Trinajstić information content (AvgIpc) is 3.31. The normalized spacial score (nSPS) is 13.0. The fourth-order valence-electron chi connectivity index (χ4n) is 2.88. The topological polar surface area (TPSA) is 105 Å². The number of furan rings is 1. The van der Waals surface area contributed by atoms with Gasteiger partial charge in [-0.2, -0.15) is 0 Å². The molecule has 0 bridgehead atoms. The van der Waals surface area contributed by atoms with Crippen LogP contribution in [0.2, 0.25) is 0 Å². The molecular weight excluding hydrogens is 348 g/mol. The third-order valence-corrected chi connectivity index (χ3v) is 4.16. The van der Waals surface area contributed by atoms with Gasteiger partial charge in [0.2, 0.25) is 5.91 Å². The lowest BCUT2D eigenvalue weighted by molar-refractivity contribution is -0.121. The molecule has 0 spiro atoms. The minimum atomic E-state index is -0.472. The second-order valence-electron chi connectivity index (χ2n) is 5.85. The van der Waals surface area contributed by atoms with Gasteiger partial charge >= 0.3 is 0 Å². The number of rotatable bonds is 5. The van der Waals surface area contributed by atoms with Gasteiger partial charge in [-0.3, -0.25) is 24.3 Å². The molecule has 0 saturated heterocycles. The third-order valence-electron chi connectivity index (χ3n) is 4.16. The molecule has 8 nitrogen and oxygen atoms in total. The molecule has 3 aromatic rings. The van der Waals surface area contributed by atoms with E-state index < -0.39 is 17.7 Å². The Balaban J connectivity index is 1.43. The Kier molecular flexibility index (Phi) is 4.21. The highest BCUT2D eigenvalue weighted by Gasteiger charge is 2.36. The van der Waals surface area contributed by atoms with Crippen LogP contribution in [0, 0.1) is 0 Å². The van der Waals surface area contributed by atoms with Crippen molar-refractivity contribution in [3.8, 4) is 11.5 Å². The quantitative estimate of drug-likeness (QED) is 0.692. The largest absolute Gasteiger partial charge is 0.463 e. The second kappa shape index (κ2) is 6.83. The van der Waals surface area contributed by atoms with Crippen molar-refractivity contribution in [1.29, 1.82) is 0 Å². The van der Waals surface area contributed by atoms with Crippen LogP contribution in [0.25, 0.3) is 11.5 Å². The number of amides is 3. The Morgan fingerprint density at radius 3 is 2.37 bits per heavy atom. The molecule has 0 unspecified atom stereocenters. The van der Waals surface area contributed by atoms with E-state index in [-0.39, 0.29) is 13.1 Å². The van der Waals surface area contributed by atoms with Gasteiger partial charge in [-0.15, -0.1) is 0 Å². The minimum absolute atomic E-state index is 0.0892. The Labute approximate surface area is 153 Å². The van der Waals surface area contributed by atoms with E-state index in [0.717, 1.165) is 4.90 Å². The molecule has 2 aromatic heterocycles. The number of nitrogens with zero attached hydrogens (tertiary/aromatic N) is 3. The van der Waals surface area contributed by atoms with Gasteiger partial charge in [0.25, 0.3) is 11.8 Å². The summed E-state index contributed by atoms with van der Waals surface area (Å²) >= 11 is 0. The zero-order valence-electron chi connectivity index (χ0n) is 14.1. The summed E-state index contributed by atoms with van der Waals surface area (Å²) in [6, 6.07) is 9.98. The van der Waals surface area contributed by atoms with E-state index >= 15 is 0 Å². The van der Waals surface area contributed by atoms with Crippen molar-refractivity contribution in [3.05, 3.63) is 71.9 Å². The summed E-state index contributed by atoms with van der Waals surface area (Å²) in [6.07, 6.45) is 4.56. The van der Waals surface area contributed by atoms with Gasteiger partial charge < -0.3 is 9.73 Å². The molecular formula is C19H14N4O4. The minimum Gasteiger partial charge on any atom is -0.463 e. The summed E-state index contributed by atoms with van der Waals surface area (Å²) in [5, 5.41) is 2.67. The summed E-state index contributed by atoms with van der Waals surface area (Å²) in [4.78, 5) is 46.3. The van der Waals surface area contributed by atoms with Crippen molar-refractivity contribution in [3.63, 3.8) is 0 Å². The van der Waals surface area contributed by atoms with Crippen LogP contribution in [-0.4, -0.2) is 39.1 Å². The summed E-state index contributed by atoms with van der Waals surface area (Å²) in [6.45, 7) is -0.269. The predicted molar refractivity (Wildman–Crippen MR) is 93.4 cm³/mol. The van der Waals surface area contributed by atoms with Gasteiger partial charge in [-0.05, 0) is 24.3 Å². The Morgan fingerprint density at radius 2 is 1.70 bits per heavy atom. The smallest absolute Gasteiger partial charge is 0.262 e. The van der Waals surface area contributed by atoms with Crippen LogP contribution in [0.5, 0.6) is 0 Å². The van der Waals surface area contributed by atoms with Crippen molar-refractivity contribution >= 4 is 17.7 Å². The van der Waals surface area contributed by atoms with E-state index in [1.165, 1.54) is 18.7 Å². The maximum atomic E-state index is 12.3. The molecule has 8 heteroatoms. The molecule has 0 aliphatic carbocycles. The van der Waals surface area contributed by atoms with Crippen LogP contribution in [-0.2, 0) is 11.3 Å². The molecule has 0 fully saturated rings. The molecule has 1 N–H and O–H groups in total. The van der Waals surface area contributed by atoms with Gasteiger partial charge in [0.1, 0.15) is 12.2 Å². The Morgan fingerprint density at radius 1 is 1.00 bits per heavy atom. The Hall–Kier alpha value is -3.81. The molecule has 1 aromatic carbocycles. The number of benzene rings is 1. The lowest BCUT2D eigenvalue weighted by Gasteiger charge is -2.14. The first-order valence-corrected chi connectivity index (χ1v) is 8.21. The first-order chi connectivity index (χ1) is 13.1. The van der Waals surface area contributed by atoms with E-state index in [0.29, 0.717) is 28.3 Å². The van der Waals surface area contributed by atoms with Crippen LogP contribution in [0.4, 0.5) is 0 Å². The molecule has 0 atom stereocenters. The summed E-state index contributed by atoms with van der Waals surface area (Å²) in [7, 11) is 0. The first kappa shape index (κ1) is 16.6. The highest BCUT2D eigenvalue weighted by Crippen LogP contribution is 2.22. The standard InChI is InChI=1S/C19H14N4O4/c24-16(11-23-18(25)12-4-1-2-5-13(12)19(23)26)22-10-14-17(21-8-7-20-14)15-6-3-9-27-15/h1-9H,10-11H2,(H,22,24). The maximum absolute atomic E-state index is 12.3. The predicted octanol–water partition coefficient (Wildman–Crippen LogP) is 1.65. The van der Waals surface area contributed by atoms with E-state index in [2.05, 4.69) is 15.3 Å². The Bertz CT molecular complexity index is 995. The van der Waals surface area contributed by atoms with Gasteiger partial charge in [0.15, 0.2) is 5.76 Å². The molecule has 27 heavy (non-hydrogen) atoms. The van der Waals surface area contributed by atoms with E-state index in [1.54, 1.807) is 36.4 Å². The van der Waals surface area contributed by atoms with Crippen LogP contribution in [0.15, 0.2) is 59.5 Å². The van der Waals surface area contributed by atoms with Crippen molar-refractivity contribution in [2.24, 2.45) is 0 Å². The van der Waals surface area contributed by atoms with E-state index in [9.17, 15) is 14.4 Å². The fourth-order valence-corrected chi connectivity index (χ4v) is 2.88. The number of hydrogen-bond donors (Lipinski definition) is 1. The van der Waals surface area contributed by atoms with Gasteiger partial charge in [-0.1, -0.05) is 12.1 Å². The number of fused-ring (bicyclic) bond motifs is 1. The molecule has 0 saturated carbocycles. The van der Waals surface area contributed by atoms with E-state index in [1.807, 2.05) is 0 Å². The molecule has 1 aliphatic rings. The van der Waals surface area contributed by atoms with Crippen molar-refractivity contribution in [2.75, 3.05) is 6.54 Å². The van der Waals surface area contributed by atoms with E-state index in [4.69, 9.17) is 4.42 Å². The van der Waals surface area contributed by atoms with Crippen molar-refractivity contribution in [1.82, 2.24) is 20.2 Å². The monoisotopic (exact) mass is 362 g/mol. The van der Waals surface area contributed by atoms with Gasteiger partial charge in [-0.25, -0.2) is 4.98 Å². The average molecular weight is 362 g/mol. The SMILES string of the molecule is O=C(CN1C(=O)c2ccccc2C1=O)NCc1nccnc1-c1ccco1. The summed E-state index contributed by atoms with van der Waals surface area (Å²) < 4.78 is 5.33. The molecule has 0 radical (unpaired) electrons. The molecule has 1 aliphatic heterocycles. The zero-order chi connectivity index (χ0) is 18.8. The van der Waals surface area contributed by atoms with Crippen LogP contribution in [0.3, 0.4) is 0 Å². The highest BCUT2D eigenvalue weighted by atomic mass is 16.3. The first-order valence-electron chi connectivity index (χ1n) is 8.21. The molecule has 3 amide bonds. The van der Waals surface area contributed by atoms with Crippen molar-refractivity contribution in [2.45, 2.75) is 6.54 Å². The summed E-state index contributed by atoms with van der Waals surface area (Å²) in [5.74, 6) is -0.878. The number of imide groups is 1. The lowest BCUT2D eigenvalue weighted by Crippen LogP contribution is -2.40. The van der Waals surface area contributed by atoms with Gasteiger partial charge in [0, 0.05) is 12.4 Å². The maximum Gasteiger partial charge on any atom is 0.262 e. The highest BCUT2D eigenvalue weighted by molar-refractivity contribution is 6.22. The second-order valence-corrected chi connectivity index (χ2v) is 5.85. The molecule has 134 valence electrons. The number of carbonyl (C=O) groups excluding carboxylic acids is 3. The van der Waals surface area contributed by atoms with Crippen LogP contribution < -0.4 is 5.32 Å². The number of hydrogen-bond acceptors (Lipinski definition) is 6. The zero-order valence-corrected chi connectivity index (χ0v) is 14.1. The van der Waals surface area contributed by atoms with Crippen LogP contribution in [0.1, 0.15) is 26.4 Å². The third kappa shape index (κ3) is 3.08. The molecule has 3 heterocycles. The van der Waals surface area contributed by atoms with Crippen molar-refractivity contribution < 1.29 is 18.8 Å². The number of nitrogens with one attached hydrogen (secondary N) is 1. The number of aromatic nitrogens is 2. The molecule has 4 rings (SSSR count). The number of carbonyl (C=O) groups is 3. The van der Waals surface area contributed by atoms with Crippen LogP contribution >= 0.6 is 0 Å². The fraction of sp³-hybridized carbons (Fsp3) is 0.105. The van der Waals surface area contributed by atoms with Gasteiger partial charge in [0.05, 0.1) is 29.6 Å². The lowest BCUT2D eigenvalue weighted by atomic mass is 10.1. The summed E-state index contributed by atoms with van der Waals surface area (Å²) in [5.41, 5.74) is 1.65.